The molecule has 1 aromatic heterocycles. The van der Waals surface area contributed by atoms with Gasteiger partial charge in [-0.05, 0) is 43.9 Å². The summed E-state index contributed by atoms with van der Waals surface area (Å²) < 4.78 is 0. The SMILES string of the molecule is CC1C(N)CCN(C(C)c2ccncc2)C1C. The molecule has 3 nitrogen and oxygen atoms in total. The van der Waals surface area contributed by atoms with Crippen LogP contribution < -0.4 is 5.73 Å². The summed E-state index contributed by atoms with van der Waals surface area (Å²) in [4.78, 5) is 6.64. The third-order valence-electron chi connectivity index (χ3n) is 4.37. The van der Waals surface area contributed by atoms with E-state index in [1.807, 2.05) is 12.4 Å². The van der Waals surface area contributed by atoms with E-state index in [0.717, 1.165) is 13.0 Å². The highest BCUT2D eigenvalue weighted by atomic mass is 15.2. The van der Waals surface area contributed by atoms with E-state index in [4.69, 9.17) is 5.73 Å². The lowest BCUT2D eigenvalue weighted by Crippen LogP contribution is -2.52. The molecule has 1 aliphatic heterocycles. The van der Waals surface area contributed by atoms with E-state index < -0.39 is 0 Å². The fourth-order valence-corrected chi connectivity index (χ4v) is 2.80. The zero-order valence-electron chi connectivity index (χ0n) is 11.0. The van der Waals surface area contributed by atoms with Crippen molar-refractivity contribution in [3.05, 3.63) is 30.1 Å². The van der Waals surface area contributed by atoms with Gasteiger partial charge in [-0.1, -0.05) is 6.92 Å². The van der Waals surface area contributed by atoms with Crippen molar-refractivity contribution < 1.29 is 0 Å². The number of pyridine rings is 1. The topological polar surface area (TPSA) is 42.1 Å². The Labute approximate surface area is 104 Å². The Morgan fingerprint density at radius 2 is 2.00 bits per heavy atom. The maximum Gasteiger partial charge on any atom is 0.0323 e. The first kappa shape index (κ1) is 12.5. The molecule has 1 fully saturated rings. The quantitative estimate of drug-likeness (QED) is 0.851. The summed E-state index contributed by atoms with van der Waals surface area (Å²) in [6.07, 6.45) is 4.84. The van der Waals surface area contributed by atoms with Gasteiger partial charge in [0.25, 0.3) is 0 Å². The van der Waals surface area contributed by atoms with Gasteiger partial charge in [0.2, 0.25) is 0 Å². The fraction of sp³-hybridized carbons (Fsp3) is 0.643. The van der Waals surface area contributed by atoms with Crippen LogP contribution in [0.25, 0.3) is 0 Å². The molecule has 4 unspecified atom stereocenters. The molecule has 0 spiro atoms. The van der Waals surface area contributed by atoms with E-state index in [1.165, 1.54) is 5.56 Å². The molecule has 94 valence electrons. The molecular weight excluding hydrogens is 210 g/mol. The second-order valence-electron chi connectivity index (χ2n) is 5.25. The standard InChI is InChI=1S/C14H23N3/c1-10-11(2)17(9-6-14(10)15)12(3)13-4-7-16-8-5-13/h4-5,7-8,10-12,14H,6,9,15H2,1-3H3. The molecular formula is C14H23N3. The van der Waals surface area contributed by atoms with Crippen LogP contribution in [-0.4, -0.2) is 28.5 Å². The van der Waals surface area contributed by atoms with Gasteiger partial charge in [0.05, 0.1) is 0 Å². The monoisotopic (exact) mass is 233 g/mol. The Morgan fingerprint density at radius 3 is 2.65 bits per heavy atom. The number of aromatic nitrogens is 1. The minimum absolute atomic E-state index is 0.353. The third-order valence-corrected chi connectivity index (χ3v) is 4.37. The lowest BCUT2D eigenvalue weighted by Gasteiger charge is -2.44. The summed E-state index contributed by atoms with van der Waals surface area (Å²) in [6.45, 7) is 7.92. The van der Waals surface area contributed by atoms with Crippen molar-refractivity contribution in [1.82, 2.24) is 9.88 Å². The summed E-state index contributed by atoms with van der Waals surface area (Å²) in [5.74, 6) is 0.563. The van der Waals surface area contributed by atoms with Crippen LogP contribution in [0.15, 0.2) is 24.5 Å². The van der Waals surface area contributed by atoms with Crippen molar-refractivity contribution in [2.24, 2.45) is 11.7 Å². The molecule has 2 heterocycles. The van der Waals surface area contributed by atoms with Crippen molar-refractivity contribution in [3.8, 4) is 0 Å². The Hall–Kier alpha value is -0.930. The Kier molecular flexibility index (Phi) is 3.79. The lowest BCUT2D eigenvalue weighted by molar-refractivity contribution is 0.0626. The van der Waals surface area contributed by atoms with Crippen molar-refractivity contribution in [2.45, 2.75) is 45.3 Å². The van der Waals surface area contributed by atoms with E-state index in [1.54, 1.807) is 0 Å². The number of likely N-dealkylation sites (tertiary alicyclic amines) is 1. The zero-order valence-corrected chi connectivity index (χ0v) is 11.0. The molecule has 4 atom stereocenters. The second-order valence-corrected chi connectivity index (χ2v) is 5.25. The van der Waals surface area contributed by atoms with Gasteiger partial charge in [-0.15, -0.1) is 0 Å². The van der Waals surface area contributed by atoms with Crippen LogP contribution in [0.5, 0.6) is 0 Å². The lowest BCUT2D eigenvalue weighted by atomic mass is 9.86. The van der Waals surface area contributed by atoms with Crippen molar-refractivity contribution in [1.29, 1.82) is 0 Å². The van der Waals surface area contributed by atoms with Crippen LogP contribution in [0.1, 0.15) is 38.8 Å². The van der Waals surface area contributed by atoms with Gasteiger partial charge in [0.15, 0.2) is 0 Å². The first-order valence-electron chi connectivity index (χ1n) is 6.52. The predicted molar refractivity (Wildman–Crippen MR) is 70.6 cm³/mol. The molecule has 1 aliphatic rings. The Morgan fingerprint density at radius 1 is 1.35 bits per heavy atom. The molecule has 3 heteroatoms. The van der Waals surface area contributed by atoms with E-state index in [0.29, 0.717) is 24.0 Å². The summed E-state index contributed by atoms with van der Waals surface area (Å²) in [5.41, 5.74) is 7.48. The number of nitrogens with zero attached hydrogens (tertiary/aromatic N) is 2. The highest BCUT2D eigenvalue weighted by Gasteiger charge is 2.32. The molecule has 0 aliphatic carbocycles. The number of piperidine rings is 1. The number of rotatable bonds is 2. The smallest absolute Gasteiger partial charge is 0.0323 e. The molecule has 2 rings (SSSR count). The molecule has 1 saturated heterocycles. The predicted octanol–water partition coefficient (Wildman–Crippen LogP) is 2.20. The number of hydrogen-bond acceptors (Lipinski definition) is 3. The molecule has 17 heavy (non-hydrogen) atoms. The van der Waals surface area contributed by atoms with E-state index in [2.05, 4.69) is 42.8 Å². The highest BCUT2D eigenvalue weighted by molar-refractivity contribution is 5.15. The van der Waals surface area contributed by atoms with E-state index in [-0.39, 0.29) is 0 Å². The van der Waals surface area contributed by atoms with Crippen LogP contribution in [0, 0.1) is 5.92 Å². The minimum Gasteiger partial charge on any atom is -0.327 e. The van der Waals surface area contributed by atoms with Gasteiger partial charge < -0.3 is 5.73 Å². The van der Waals surface area contributed by atoms with Gasteiger partial charge in [0, 0.05) is 37.1 Å². The van der Waals surface area contributed by atoms with E-state index in [9.17, 15) is 0 Å². The zero-order chi connectivity index (χ0) is 12.4. The van der Waals surface area contributed by atoms with Crippen LogP contribution in [-0.2, 0) is 0 Å². The summed E-state index contributed by atoms with van der Waals surface area (Å²) >= 11 is 0. The first-order valence-corrected chi connectivity index (χ1v) is 6.52. The largest absolute Gasteiger partial charge is 0.327 e. The van der Waals surface area contributed by atoms with Crippen molar-refractivity contribution >= 4 is 0 Å². The van der Waals surface area contributed by atoms with Crippen molar-refractivity contribution in [3.63, 3.8) is 0 Å². The summed E-state index contributed by atoms with van der Waals surface area (Å²) in [5, 5.41) is 0. The maximum absolute atomic E-state index is 6.13. The fourth-order valence-electron chi connectivity index (χ4n) is 2.80. The highest BCUT2D eigenvalue weighted by Crippen LogP contribution is 2.30. The molecule has 0 amide bonds. The molecule has 1 aromatic rings. The Balaban J connectivity index is 2.12. The average molecular weight is 233 g/mol. The van der Waals surface area contributed by atoms with Crippen LogP contribution >= 0.6 is 0 Å². The molecule has 2 N–H and O–H groups in total. The van der Waals surface area contributed by atoms with Crippen molar-refractivity contribution in [2.75, 3.05) is 6.54 Å². The first-order chi connectivity index (χ1) is 8.11. The van der Waals surface area contributed by atoms with Crippen LogP contribution in [0.4, 0.5) is 0 Å². The van der Waals surface area contributed by atoms with E-state index >= 15 is 0 Å². The molecule has 0 radical (unpaired) electrons. The number of hydrogen-bond donors (Lipinski definition) is 1. The normalized spacial score (nSPS) is 32.4. The second kappa shape index (κ2) is 5.15. The average Bonchev–Trinajstić information content (AvgIpc) is 2.36. The summed E-state index contributed by atoms with van der Waals surface area (Å²) in [7, 11) is 0. The van der Waals surface area contributed by atoms with Gasteiger partial charge in [0.1, 0.15) is 0 Å². The van der Waals surface area contributed by atoms with Gasteiger partial charge >= 0.3 is 0 Å². The molecule has 0 bridgehead atoms. The third kappa shape index (κ3) is 2.50. The van der Waals surface area contributed by atoms with Gasteiger partial charge in [-0.25, -0.2) is 0 Å². The maximum atomic E-state index is 6.13. The molecule has 0 aromatic carbocycles. The van der Waals surface area contributed by atoms with Crippen LogP contribution in [0.2, 0.25) is 0 Å². The number of nitrogens with two attached hydrogens (primary N) is 1. The van der Waals surface area contributed by atoms with Gasteiger partial charge in [-0.2, -0.15) is 0 Å². The molecule has 0 saturated carbocycles. The Bertz CT molecular complexity index is 352. The van der Waals surface area contributed by atoms with Crippen LogP contribution in [0.3, 0.4) is 0 Å². The minimum atomic E-state index is 0.353. The summed E-state index contributed by atoms with van der Waals surface area (Å²) in [6, 6.07) is 5.56. The van der Waals surface area contributed by atoms with Gasteiger partial charge in [-0.3, -0.25) is 9.88 Å².